The average molecular weight is 525 g/mol. The number of alkyl halides is 3. The van der Waals surface area contributed by atoms with Gasteiger partial charge in [-0.15, -0.1) is 0 Å². The first-order valence-electron chi connectivity index (χ1n) is 9.59. The van der Waals surface area contributed by atoms with Crippen molar-refractivity contribution in [2.75, 3.05) is 16.0 Å². The van der Waals surface area contributed by atoms with E-state index in [1.54, 1.807) is 16.7 Å². The van der Waals surface area contributed by atoms with Gasteiger partial charge in [-0.2, -0.15) is 0 Å². The molecular formula is C21H33Br3. The van der Waals surface area contributed by atoms with Crippen LogP contribution in [0.3, 0.4) is 0 Å². The van der Waals surface area contributed by atoms with Crippen LogP contribution in [0.15, 0.2) is 18.2 Å². The SMILES string of the molecule is BrCCCCCc1cc(CCCCCBr)cc(CCCCCBr)c1. The van der Waals surface area contributed by atoms with Crippen LogP contribution in [-0.4, -0.2) is 16.0 Å². The molecule has 0 radical (unpaired) electrons. The Morgan fingerprint density at radius 3 is 0.958 bits per heavy atom. The van der Waals surface area contributed by atoms with Crippen molar-refractivity contribution in [2.24, 2.45) is 0 Å². The number of hydrogen-bond acceptors (Lipinski definition) is 0. The summed E-state index contributed by atoms with van der Waals surface area (Å²) in [4.78, 5) is 0. The normalized spacial score (nSPS) is 11.1. The average Bonchev–Trinajstić information content (AvgIpc) is 2.59. The minimum Gasteiger partial charge on any atom is -0.0928 e. The first-order valence-corrected chi connectivity index (χ1v) is 13.0. The summed E-state index contributed by atoms with van der Waals surface area (Å²) >= 11 is 10.6. The Labute approximate surface area is 175 Å². The van der Waals surface area contributed by atoms with E-state index in [1.807, 2.05) is 0 Å². The Bertz CT molecular complexity index is 343. The highest BCUT2D eigenvalue weighted by Gasteiger charge is 2.03. The molecule has 0 heterocycles. The highest BCUT2D eigenvalue weighted by molar-refractivity contribution is 9.09. The molecule has 0 N–H and O–H groups in total. The van der Waals surface area contributed by atoms with Crippen LogP contribution in [0, 0.1) is 0 Å². The molecule has 1 aromatic carbocycles. The second-order valence-corrected chi connectivity index (χ2v) is 9.04. The summed E-state index contributed by atoms with van der Waals surface area (Å²) in [6.07, 6.45) is 15.6. The molecule has 0 amide bonds. The van der Waals surface area contributed by atoms with Crippen LogP contribution < -0.4 is 0 Å². The van der Waals surface area contributed by atoms with Crippen molar-refractivity contribution < 1.29 is 0 Å². The number of unbranched alkanes of at least 4 members (excludes halogenated alkanes) is 6. The van der Waals surface area contributed by atoms with Crippen molar-refractivity contribution in [3.05, 3.63) is 34.9 Å². The van der Waals surface area contributed by atoms with Crippen LogP contribution in [0.5, 0.6) is 0 Å². The smallest absolute Gasteiger partial charge is 0.00313 e. The van der Waals surface area contributed by atoms with Gasteiger partial charge in [0.05, 0.1) is 0 Å². The Morgan fingerprint density at radius 2 is 0.708 bits per heavy atom. The van der Waals surface area contributed by atoms with Gasteiger partial charge < -0.3 is 0 Å². The molecule has 0 aromatic heterocycles. The maximum absolute atomic E-state index is 3.53. The van der Waals surface area contributed by atoms with E-state index < -0.39 is 0 Å². The third kappa shape index (κ3) is 11.3. The summed E-state index contributed by atoms with van der Waals surface area (Å²) in [6, 6.07) is 7.43. The predicted molar refractivity (Wildman–Crippen MR) is 120 cm³/mol. The Balaban J connectivity index is 2.58. The quantitative estimate of drug-likeness (QED) is 0.161. The fourth-order valence-corrected chi connectivity index (χ4v) is 4.26. The van der Waals surface area contributed by atoms with Gasteiger partial charge in [-0.25, -0.2) is 0 Å². The van der Waals surface area contributed by atoms with E-state index in [0.29, 0.717) is 0 Å². The van der Waals surface area contributed by atoms with Gasteiger partial charge in [-0.3, -0.25) is 0 Å². The van der Waals surface area contributed by atoms with Gasteiger partial charge in [0.1, 0.15) is 0 Å². The van der Waals surface area contributed by atoms with E-state index in [4.69, 9.17) is 0 Å². The summed E-state index contributed by atoms with van der Waals surface area (Å²) in [5.41, 5.74) is 4.70. The molecule has 0 aliphatic heterocycles. The summed E-state index contributed by atoms with van der Waals surface area (Å²) in [6.45, 7) is 0. The summed E-state index contributed by atoms with van der Waals surface area (Å²) in [7, 11) is 0. The van der Waals surface area contributed by atoms with Gasteiger partial charge in [-0.05, 0) is 74.5 Å². The van der Waals surface area contributed by atoms with Crippen LogP contribution in [0.1, 0.15) is 74.5 Å². The number of rotatable bonds is 15. The van der Waals surface area contributed by atoms with Crippen LogP contribution in [0.2, 0.25) is 0 Å². The lowest BCUT2D eigenvalue weighted by atomic mass is 9.96. The molecule has 0 atom stereocenters. The third-order valence-electron chi connectivity index (χ3n) is 4.41. The Hall–Kier alpha value is 0.660. The van der Waals surface area contributed by atoms with Crippen molar-refractivity contribution in [3.63, 3.8) is 0 Å². The second kappa shape index (κ2) is 15.9. The molecule has 1 aromatic rings. The van der Waals surface area contributed by atoms with Gasteiger partial charge >= 0.3 is 0 Å². The lowest BCUT2D eigenvalue weighted by Crippen LogP contribution is -1.96. The fourth-order valence-electron chi connectivity index (χ4n) is 3.07. The zero-order valence-corrected chi connectivity index (χ0v) is 19.7. The summed E-state index contributed by atoms with van der Waals surface area (Å²) < 4.78 is 0. The van der Waals surface area contributed by atoms with Crippen LogP contribution in [0.4, 0.5) is 0 Å². The first-order chi connectivity index (χ1) is 11.8. The van der Waals surface area contributed by atoms with Gasteiger partial charge in [0.2, 0.25) is 0 Å². The van der Waals surface area contributed by atoms with Crippen LogP contribution >= 0.6 is 47.8 Å². The number of halogens is 3. The van der Waals surface area contributed by atoms with E-state index in [1.165, 1.54) is 77.0 Å². The lowest BCUT2D eigenvalue weighted by Gasteiger charge is -2.10. The molecule has 138 valence electrons. The molecule has 0 aliphatic rings. The molecule has 0 unspecified atom stereocenters. The van der Waals surface area contributed by atoms with Crippen LogP contribution in [0.25, 0.3) is 0 Å². The van der Waals surface area contributed by atoms with E-state index >= 15 is 0 Å². The van der Waals surface area contributed by atoms with E-state index in [0.717, 1.165) is 16.0 Å². The minimum absolute atomic E-state index is 1.14. The number of aryl methyl sites for hydroxylation is 3. The molecule has 0 saturated heterocycles. The van der Waals surface area contributed by atoms with Gasteiger partial charge in [0.15, 0.2) is 0 Å². The minimum atomic E-state index is 1.14. The largest absolute Gasteiger partial charge is 0.0928 e. The van der Waals surface area contributed by atoms with Gasteiger partial charge in [0.25, 0.3) is 0 Å². The van der Waals surface area contributed by atoms with E-state index in [-0.39, 0.29) is 0 Å². The predicted octanol–water partition coefficient (Wildman–Crippen LogP) is 8.01. The molecule has 0 aliphatic carbocycles. The molecule has 0 fully saturated rings. The molecular weight excluding hydrogens is 492 g/mol. The van der Waals surface area contributed by atoms with Crippen molar-refractivity contribution in [1.82, 2.24) is 0 Å². The molecule has 0 nitrogen and oxygen atoms in total. The maximum atomic E-state index is 3.53. The molecule has 1 rings (SSSR count). The molecule has 0 bridgehead atoms. The number of hydrogen-bond donors (Lipinski definition) is 0. The van der Waals surface area contributed by atoms with Crippen molar-refractivity contribution in [1.29, 1.82) is 0 Å². The van der Waals surface area contributed by atoms with E-state index in [9.17, 15) is 0 Å². The monoisotopic (exact) mass is 522 g/mol. The van der Waals surface area contributed by atoms with Gasteiger partial charge in [0, 0.05) is 16.0 Å². The summed E-state index contributed by atoms with van der Waals surface area (Å²) in [5.74, 6) is 0. The highest BCUT2D eigenvalue weighted by atomic mass is 79.9. The zero-order chi connectivity index (χ0) is 17.5. The van der Waals surface area contributed by atoms with Crippen molar-refractivity contribution in [3.8, 4) is 0 Å². The fraction of sp³-hybridized carbons (Fsp3) is 0.714. The Morgan fingerprint density at radius 1 is 0.417 bits per heavy atom. The molecule has 3 heteroatoms. The molecule has 0 saturated carbocycles. The van der Waals surface area contributed by atoms with E-state index in [2.05, 4.69) is 66.0 Å². The van der Waals surface area contributed by atoms with Gasteiger partial charge in [-0.1, -0.05) is 85.3 Å². The molecule has 24 heavy (non-hydrogen) atoms. The van der Waals surface area contributed by atoms with Crippen molar-refractivity contribution >= 4 is 47.8 Å². The zero-order valence-electron chi connectivity index (χ0n) is 15.0. The first kappa shape index (κ1) is 22.7. The lowest BCUT2D eigenvalue weighted by molar-refractivity contribution is 0.705. The van der Waals surface area contributed by atoms with Crippen LogP contribution in [-0.2, 0) is 19.3 Å². The topological polar surface area (TPSA) is 0 Å². The second-order valence-electron chi connectivity index (χ2n) is 6.66. The highest BCUT2D eigenvalue weighted by Crippen LogP contribution is 2.18. The number of benzene rings is 1. The Kier molecular flexibility index (Phi) is 15.0. The summed E-state index contributed by atoms with van der Waals surface area (Å²) in [5, 5.41) is 3.41. The third-order valence-corrected chi connectivity index (χ3v) is 6.09. The van der Waals surface area contributed by atoms with Crippen molar-refractivity contribution in [2.45, 2.75) is 77.0 Å². The molecule has 0 spiro atoms. The standard InChI is InChI=1S/C21H33Br3/c22-13-7-1-4-10-19-16-20(11-5-2-8-14-23)18-21(17-19)12-6-3-9-15-24/h16-18H,1-15H2. The maximum Gasteiger partial charge on any atom is 0.00313 e.